The molecule has 0 aliphatic carbocycles. The average molecular weight is 410 g/mol. The molecule has 0 aromatic heterocycles. The predicted octanol–water partition coefficient (Wildman–Crippen LogP) is 4.41. The fourth-order valence-electron chi connectivity index (χ4n) is 4.75. The van der Waals surface area contributed by atoms with E-state index in [0.717, 1.165) is 36.6 Å². The number of carbonyl (C=O) groups is 1. The van der Waals surface area contributed by atoms with Crippen molar-refractivity contribution < 1.29 is 14.3 Å². The molecule has 2 heterocycles. The minimum absolute atomic E-state index is 0.132. The number of hydrogen-bond donors (Lipinski definition) is 2. The number of methoxy groups -OCH3 is 1. The predicted molar refractivity (Wildman–Crippen MR) is 118 cm³/mol. The lowest BCUT2D eigenvalue weighted by atomic mass is 9.96. The summed E-state index contributed by atoms with van der Waals surface area (Å²) in [6.45, 7) is 3.55. The Bertz CT molecular complexity index is 824. The molecule has 0 radical (unpaired) electrons. The van der Waals surface area contributed by atoms with Crippen molar-refractivity contribution in [1.29, 1.82) is 0 Å². The zero-order valence-corrected chi connectivity index (χ0v) is 17.8. The number of rotatable bonds is 7. The summed E-state index contributed by atoms with van der Waals surface area (Å²) in [4.78, 5) is 15.1. The first-order valence-corrected chi connectivity index (χ1v) is 10.8. The molecule has 2 bridgehead atoms. The molecular formula is C24H31N3O3. The molecule has 0 spiro atoms. The third-order valence-corrected chi connectivity index (χ3v) is 6.17. The summed E-state index contributed by atoms with van der Waals surface area (Å²) >= 11 is 0. The van der Waals surface area contributed by atoms with Crippen LogP contribution in [-0.4, -0.2) is 42.8 Å². The standard InChI is InChI=1S/C24H31N3O3/c1-3-30-23-12-6-18(7-13-23)25-24(28)26-19-14-20-8-9-21(15-19)27(20)16-17-4-10-22(29-2)11-5-17/h4-7,10-13,19-21H,3,8-9,14-16H2,1-2H3,(H2,25,26,28). The summed E-state index contributed by atoms with van der Waals surface area (Å²) in [6, 6.07) is 17.0. The Balaban J connectivity index is 1.28. The van der Waals surface area contributed by atoms with Gasteiger partial charge in [-0.2, -0.15) is 0 Å². The molecule has 2 aromatic rings. The molecule has 2 aliphatic rings. The molecule has 6 heteroatoms. The molecule has 2 unspecified atom stereocenters. The van der Waals surface area contributed by atoms with E-state index in [1.807, 2.05) is 43.3 Å². The third-order valence-electron chi connectivity index (χ3n) is 6.17. The van der Waals surface area contributed by atoms with Gasteiger partial charge in [0, 0.05) is 30.4 Å². The van der Waals surface area contributed by atoms with Gasteiger partial charge in [0.1, 0.15) is 11.5 Å². The molecule has 30 heavy (non-hydrogen) atoms. The van der Waals surface area contributed by atoms with Gasteiger partial charge in [-0.1, -0.05) is 12.1 Å². The third kappa shape index (κ3) is 4.87. The van der Waals surface area contributed by atoms with Gasteiger partial charge in [-0.15, -0.1) is 0 Å². The zero-order valence-electron chi connectivity index (χ0n) is 17.8. The minimum atomic E-state index is -0.132. The fraction of sp³-hybridized carbons (Fsp3) is 0.458. The highest BCUT2D eigenvalue weighted by Crippen LogP contribution is 2.37. The number of amides is 2. The van der Waals surface area contributed by atoms with Crippen molar-refractivity contribution in [2.24, 2.45) is 0 Å². The topological polar surface area (TPSA) is 62.8 Å². The molecule has 2 atom stereocenters. The molecular weight excluding hydrogens is 378 g/mol. The number of carbonyl (C=O) groups excluding carboxylic acids is 1. The number of anilines is 1. The molecule has 160 valence electrons. The highest BCUT2D eigenvalue weighted by atomic mass is 16.5. The van der Waals surface area contributed by atoms with Gasteiger partial charge in [0.15, 0.2) is 0 Å². The first-order valence-electron chi connectivity index (χ1n) is 10.8. The van der Waals surface area contributed by atoms with Crippen LogP contribution in [0.3, 0.4) is 0 Å². The van der Waals surface area contributed by atoms with E-state index in [0.29, 0.717) is 18.7 Å². The van der Waals surface area contributed by atoms with Crippen LogP contribution in [0.25, 0.3) is 0 Å². The van der Waals surface area contributed by atoms with E-state index in [1.54, 1.807) is 7.11 Å². The second-order valence-corrected chi connectivity index (χ2v) is 8.13. The number of hydrogen-bond acceptors (Lipinski definition) is 4. The number of benzene rings is 2. The fourth-order valence-corrected chi connectivity index (χ4v) is 4.75. The summed E-state index contributed by atoms with van der Waals surface area (Å²) in [5.41, 5.74) is 2.09. The lowest BCUT2D eigenvalue weighted by Crippen LogP contribution is -2.50. The Morgan fingerprint density at radius 3 is 2.23 bits per heavy atom. The van der Waals surface area contributed by atoms with E-state index in [4.69, 9.17) is 9.47 Å². The van der Waals surface area contributed by atoms with E-state index in [1.165, 1.54) is 18.4 Å². The van der Waals surface area contributed by atoms with Crippen LogP contribution >= 0.6 is 0 Å². The SMILES string of the molecule is CCOc1ccc(NC(=O)NC2CC3CCC(C2)N3Cc2ccc(OC)cc2)cc1. The second-order valence-electron chi connectivity index (χ2n) is 8.13. The molecule has 6 nitrogen and oxygen atoms in total. The summed E-state index contributed by atoms with van der Waals surface area (Å²) in [5, 5.41) is 6.12. The van der Waals surface area contributed by atoms with Crippen LogP contribution in [0, 0.1) is 0 Å². The van der Waals surface area contributed by atoms with Crippen molar-refractivity contribution in [3.63, 3.8) is 0 Å². The van der Waals surface area contributed by atoms with Crippen molar-refractivity contribution in [2.45, 2.75) is 57.3 Å². The van der Waals surface area contributed by atoms with Gasteiger partial charge in [0.05, 0.1) is 13.7 Å². The summed E-state index contributed by atoms with van der Waals surface area (Å²) < 4.78 is 10.7. The van der Waals surface area contributed by atoms with E-state index >= 15 is 0 Å². The van der Waals surface area contributed by atoms with E-state index in [9.17, 15) is 4.79 Å². The van der Waals surface area contributed by atoms with Crippen molar-refractivity contribution in [3.05, 3.63) is 54.1 Å². The van der Waals surface area contributed by atoms with Crippen LogP contribution < -0.4 is 20.1 Å². The smallest absolute Gasteiger partial charge is 0.319 e. The number of nitrogens with one attached hydrogen (secondary N) is 2. The second kappa shape index (κ2) is 9.39. The first-order chi connectivity index (χ1) is 14.6. The summed E-state index contributed by atoms with van der Waals surface area (Å²) in [5.74, 6) is 1.70. The van der Waals surface area contributed by atoms with Gasteiger partial charge < -0.3 is 20.1 Å². The van der Waals surface area contributed by atoms with Crippen LogP contribution in [0.1, 0.15) is 38.2 Å². The Morgan fingerprint density at radius 2 is 1.63 bits per heavy atom. The Morgan fingerprint density at radius 1 is 1.00 bits per heavy atom. The monoisotopic (exact) mass is 409 g/mol. The highest BCUT2D eigenvalue weighted by molar-refractivity contribution is 5.89. The maximum atomic E-state index is 12.5. The van der Waals surface area contributed by atoms with Gasteiger partial charge >= 0.3 is 6.03 Å². The van der Waals surface area contributed by atoms with Crippen LogP contribution in [0.4, 0.5) is 10.5 Å². The number of urea groups is 1. The maximum absolute atomic E-state index is 12.5. The average Bonchev–Trinajstić information content (AvgIpc) is 2.98. The normalized spacial score (nSPS) is 23.1. The molecule has 2 aromatic carbocycles. The number of piperidine rings is 1. The Hall–Kier alpha value is -2.73. The van der Waals surface area contributed by atoms with E-state index in [2.05, 4.69) is 27.7 Å². The largest absolute Gasteiger partial charge is 0.497 e. The van der Waals surface area contributed by atoms with Crippen molar-refractivity contribution in [2.75, 3.05) is 19.0 Å². The highest BCUT2D eigenvalue weighted by Gasteiger charge is 2.40. The number of nitrogens with zero attached hydrogens (tertiary/aromatic N) is 1. The molecule has 2 fully saturated rings. The summed E-state index contributed by atoms with van der Waals surface area (Å²) in [7, 11) is 1.69. The van der Waals surface area contributed by atoms with Crippen molar-refractivity contribution in [3.8, 4) is 11.5 Å². The van der Waals surface area contributed by atoms with Gasteiger partial charge in [0.2, 0.25) is 0 Å². The molecule has 0 saturated carbocycles. The van der Waals surface area contributed by atoms with Gasteiger partial charge in [-0.25, -0.2) is 4.79 Å². The van der Waals surface area contributed by atoms with Gasteiger partial charge in [0.25, 0.3) is 0 Å². The van der Waals surface area contributed by atoms with Gasteiger partial charge in [-0.05, 0) is 74.6 Å². The van der Waals surface area contributed by atoms with Crippen LogP contribution in [0.2, 0.25) is 0 Å². The van der Waals surface area contributed by atoms with Crippen molar-refractivity contribution >= 4 is 11.7 Å². The Kier molecular flexibility index (Phi) is 6.43. The van der Waals surface area contributed by atoms with E-state index in [-0.39, 0.29) is 12.1 Å². The van der Waals surface area contributed by atoms with Crippen molar-refractivity contribution in [1.82, 2.24) is 10.2 Å². The molecule has 2 amide bonds. The molecule has 2 N–H and O–H groups in total. The first kappa shape index (κ1) is 20.5. The van der Waals surface area contributed by atoms with Crippen LogP contribution in [0.5, 0.6) is 11.5 Å². The quantitative estimate of drug-likeness (QED) is 0.711. The number of ether oxygens (including phenoxy) is 2. The Labute approximate surface area is 178 Å². The lowest BCUT2D eigenvalue weighted by molar-refractivity contribution is 0.112. The minimum Gasteiger partial charge on any atom is -0.497 e. The zero-order chi connectivity index (χ0) is 20.9. The van der Waals surface area contributed by atoms with Gasteiger partial charge in [-0.3, -0.25) is 4.90 Å². The van der Waals surface area contributed by atoms with Crippen LogP contribution in [-0.2, 0) is 6.54 Å². The molecule has 2 saturated heterocycles. The lowest BCUT2D eigenvalue weighted by Gasteiger charge is -2.39. The number of fused-ring (bicyclic) bond motifs is 2. The summed E-state index contributed by atoms with van der Waals surface area (Å²) in [6.07, 6.45) is 4.42. The van der Waals surface area contributed by atoms with Crippen LogP contribution in [0.15, 0.2) is 48.5 Å². The molecule has 4 rings (SSSR count). The maximum Gasteiger partial charge on any atom is 0.319 e. The van der Waals surface area contributed by atoms with E-state index < -0.39 is 0 Å². The molecule has 2 aliphatic heterocycles.